The normalized spacial score (nSPS) is 11.1. The van der Waals surface area contributed by atoms with Gasteiger partial charge in [0.1, 0.15) is 6.54 Å². The molecule has 0 spiro atoms. The smallest absolute Gasteiger partial charge is 0.328 e. The second kappa shape index (κ2) is 7.45. The van der Waals surface area contributed by atoms with Crippen LogP contribution in [0.1, 0.15) is 31.0 Å². The van der Waals surface area contributed by atoms with Crippen LogP contribution in [0.3, 0.4) is 0 Å². The van der Waals surface area contributed by atoms with Crippen LogP contribution in [0, 0.1) is 0 Å². The first kappa shape index (κ1) is 16.5. The molecule has 5 heteroatoms. The third-order valence-corrected chi connectivity index (χ3v) is 3.44. The maximum absolute atomic E-state index is 12.1. The average molecular weight is 312 g/mol. The summed E-state index contributed by atoms with van der Waals surface area (Å²) < 4.78 is 1.69. The second-order valence-corrected chi connectivity index (χ2v) is 5.56. The zero-order valence-electron chi connectivity index (χ0n) is 13.2. The standard InChI is InChI=1S/C18H20N2O3/c1-13(2)14-5-7-15(8-6-14)19-17(21)12-20-11-3-4-16(20)9-10-18(22)23/h3-11,13H,12H2,1-2H3,(H,19,21)(H,22,23)/b10-9+. The molecule has 0 saturated heterocycles. The molecular weight excluding hydrogens is 292 g/mol. The summed E-state index contributed by atoms with van der Waals surface area (Å²) >= 11 is 0. The summed E-state index contributed by atoms with van der Waals surface area (Å²) in [6, 6.07) is 11.3. The van der Waals surface area contributed by atoms with Gasteiger partial charge in [0.15, 0.2) is 0 Å². The molecule has 1 heterocycles. The molecule has 0 fully saturated rings. The average Bonchev–Trinajstić information content (AvgIpc) is 2.92. The highest BCUT2D eigenvalue weighted by atomic mass is 16.4. The van der Waals surface area contributed by atoms with Crippen molar-refractivity contribution in [2.45, 2.75) is 26.3 Å². The van der Waals surface area contributed by atoms with Crippen LogP contribution in [-0.2, 0) is 16.1 Å². The summed E-state index contributed by atoms with van der Waals surface area (Å²) in [6.45, 7) is 4.36. The van der Waals surface area contributed by atoms with Crippen molar-refractivity contribution in [3.05, 3.63) is 59.9 Å². The lowest BCUT2D eigenvalue weighted by atomic mass is 10.0. The van der Waals surface area contributed by atoms with Crippen LogP contribution < -0.4 is 5.32 Å². The Morgan fingerprint density at radius 1 is 1.22 bits per heavy atom. The van der Waals surface area contributed by atoms with Crippen LogP contribution in [0.4, 0.5) is 5.69 Å². The zero-order valence-corrected chi connectivity index (χ0v) is 13.2. The fourth-order valence-corrected chi connectivity index (χ4v) is 2.19. The minimum Gasteiger partial charge on any atom is -0.478 e. The Labute approximate surface area is 135 Å². The van der Waals surface area contributed by atoms with Crippen molar-refractivity contribution in [1.29, 1.82) is 0 Å². The Bertz CT molecular complexity index is 712. The van der Waals surface area contributed by atoms with E-state index in [4.69, 9.17) is 5.11 Å². The van der Waals surface area contributed by atoms with Gasteiger partial charge in [0.2, 0.25) is 5.91 Å². The van der Waals surface area contributed by atoms with Crippen LogP contribution in [0.15, 0.2) is 48.7 Å². The molecule has 0 aliphatic rings. The summed E-state index contributed by atoms with van der Waals surface area (Å²) in [5.41, 5.74) is 2.63. The van der Waals surface area contributed by atoms with E-state index in [1.165, 1.54) is 11.6 Å². The summed E-state index contributed by atoms with van der Waals surface area (Å²) in [5, 5.41) is 11.5. The molecule has 0 atom stereocenters. The molecule has 1 aromatic carbocycles. The summed E-state index contributed by atoms with van der Waals surface area (Å²) in [6.07, 6.45) is 4.25. The number of aromatic nitrogens is 1. The Hall–Kier alpha value is -2.82. The van der Waals surface area contributed by atoms with E-state index in [-0.39, 0.29) is 12.5 Å². The maximum Gasteiger partial charge on any atom is 0.328 e. The molecule has 2 rings (SSSR count). The molecule has 120 valence electrons. The molecule has 5 nitrogen and oxygen atoms in total. The summed E-state index contributed by atoms with van der Waals surface area (Å²) in [4.78, 5) is 22.7. The van der Waals surface area contributed by atoms with E-state index < -0.39 is 5.97 Å². The molecule has 0 aliphatic heterocycles. The highest BCUT2D eigenvalue weighted by Gasteiger charge is 2.06. The number of carboxylic acids is 1. The number of aliphatic carboxylic acids is 1. The number of anilines is 1. The lowest BCUT2D eigenvalue weighted by Gasteiger charge is -2.10. The molecule has 2 N–H and O–H groups in total. The van der Waals surface area contributed by atoms with Crippen LogP contribution in [0.5, 0.6) is 0 Å². The molecular formula is C18H20N2O3. The van der Waals surface area contributed by atoms with Gasteiger partial charge in [-0.05, 0) is 41.8 Å². The molecule has 0 radical (unpaired) electrons. The molecule has 0 bridgehead atoms. The molecule has 2 aromatic rings. The molecule has 1 aromatic heterocycles. The molecule has 0 unspecified atom stereocenters. The van der Waals surface area contributed by atoms with Crippen molar-refractivity contribution in [2.24, 2.45) is 0 Å². The van der Waals surface area contributed by atoms with Gasteiger partial charge in [-0.25, -0.2) is 4.79 Å². The number of hydrogen-bond acceptors (Lipinski definition) is 2. The van der Waals surface area contributed by atoms with E-state index in [2.05, 4.69) is 19.2 Å². The topological polar surface area (TPSA) is 71.3 Å². The Morgan fingerprint density at radius 2 is 1.91 bits per heavy atom. The van der Waals surface area contributed by atoms with Crippen LogP contribution in [0.2, 0.25) is 0 Å². The van der Waals surface area contributed by atoms with Gasteiger partial charge in [-0.3, -0.25) is 4.79 Å². The number of amides is 1. The van der Waals surface area contributed by atoms with E-state index in [0.29, 0.717) is 11.6 Å². The van der Waals surface area contributed by atoms with Crippen molar-refractivity contribution >= 4 is 23.6 Å². The van der Waals surface area contributed by atoms with Crippen molar-refractivity contribution in [3.63, 3.8) is 0 Å². The Kier molecular flexibility index (Phi) is 5.36. The number of rotatable bonds is 6. The number of benzene rings is 1. The third kappa shape index (κ3) is 4.85. The fraction of sp³-hybridized carbons (Fsp3) is 0.222. The van der Waals surface area contributed by atoms with E-state index >= 15 is 0 Å². The SMILES string of the molecule is CC(C)c1ccc(NC(=O)Cn2cccc2/C=C/C(=O)O)cc1. The number of carbonyl (C=O) groups excluding carboxylic acids is 1. The lowest BCUT2D eigenvalue weighted by molar-refractivity contribution is -0.131. The zero-order chi connectivity index (χ0) is 16.8. The van der Waals surface area contributed by atoms with E-state index in [0.717, 1.165) is 11.8 Å². The Balaban J connectivity index is 2.00. The van der Waals surface area contributed by atoms with Crippen molar-refractivity contribution in [3.8, 4) is 0 Å². The van der Waals surface area contributed by atoms with E-state index in [1.54, 1.807) is 22.9 Å². The minimum absolute atomic E-state index is 0.123. The van der Waals surface area contributed by atoms with Gasteiger partial charge in [-0.2, -0.15) is 0 Å². The number of hydrogen-bond donors (Lipinski definition) is 2. The molecule has 23 heavy (non-hydrogen) atoms. The third-order valence-electron chi connectivity index (χ3n) is 3.44. The van der Waals surface area contributed by atoms with Gasteiger partial charge >= 0.3 is 5.97 Å². The number of nitrogens with one attached hydrogen (secondary N) is 1. The van der Waals surface area contributed by atoms with Crippen molar-refractivity contribution < 1.29 is 14.7 Å². The fourth-order valence-electron chi connectivity index (χ4n) is 2.19. The first-order chi connectivity index (χ1) is 11.0. The van der Waals surface area contributed by atoms with Crippen LogP contribution >= 0.6 is 0 Å². The van der Waals surface area contributed by atoms with Gasteiger partial charge in [-0.1, -0.05) is 26.0 Å². The van der Waals surface area contributed by atoms with Crippen LogP contribution in [0.25, 0.3) is 6.08 Å². The van der Waals surface area contributed by atoms with E-state index in [1.807, 2.05) is 24.3 Å². The highest BCUT2D eigenvalue weighted by molar-refractivity contribution is 5.91. The quantitative estimate of drug-likeness (QED) is 0.804. The predicted octanol–water partition coefficient (Wildman–Crippen LogP) is 3.35. The first-order valence-corrected chi connectivity index (χ1v) is 7.41. The van der Waals surface area contributed by atoms with Crippen molar-refractivity contribution in [1.82, 2.24) is 4.57 Å². The number of carbonyl (C=O) groups is 2. The van der Waals surface area contributed by atoms with Gasteiger partial charge in [0.25, 0.3) is 0 Å². The summed E-state index contributed by atoms with van der Waals surface area (Å²) in [7, 11) is 0. The monoisotopic (exact) mass is 312 g/mol. The van der Waals surface area contributed by atoms with Crippen molar-refractivity contribution in [2.75, 3.05) is 5.32 Å². The van der Waals surface area contributed by atoms with Gasteiger partial charge in [0.05, 0.1) is 0 Å². The van der Waals surface area contributed by atoms with E-state index in [9.17, 15) is 9.59 Å². The van der Waals surface area contributed by atoms with Gasteiger partial charge in [0, 0.05) is 23.7 Å². The number of carboxylic acid groups (broad SMARTS) is 1. The highest BCUT2D eigenvalue weighted by Crippen LogP contribution is 2.17. The summed E-state index contributed by atoms with van der Waals surface area (Å²) in [5.74, 6) is -0.737. The Morgan fingerprint density at radius 3 is 2.52 bits per heavy atom. The second-order valence-electron chi connectivity index (χ2n) is 5.56. The predicted molar refractivity (Wildman–Crippen MR) is 90.3 cm³/mol. The minimum atomic E-state index is -1.02. The molecule has 0 aliphatic carbocycles. The largest absolute Gasteiger partial charge is 0.478 e. The first-order valence-electron chi connectivity index (χ1n) is 7.41. The molecule has 1 amide bonds. The van der Waals surface area contributed by atoms with Gasteiger partial charge in [-0.15, -0.1) is 0 Å². The maximum atomic E-state index is 12.1. The lowest BCUT2D eigenvalue weighted by Crippen LogP contribution is -2.18. The van der Waals surface area contributed by atoms with Gasteiger partial charge < -0.3 is 15.0 Å². The molecule has 0 saturated carbocycles. The number of nitrogens with zero attached hydrogens (tertiary/aromatic N) is 1. The van der Waals surface area contributed by atoms with Crippen LogP contribution in [-0.4, -0.2) is 21.6 Å².